The molecule has 5 heteroatoms. The number of nitrogens with one attached hydrogen (secondary N) is 1. The van der Waals surface area contributed by atoms with Crippen molar-refractivity contribution in [3.05, 3.63) is 76.5 Å². The van der Waals surface area contributed by atoms with Crippen molar-refractivity contribution in [3.63, 3.8) is 0 Å². The van der Waals surface area contributed by atoms with Crippen LogP contribution in [0.25, 0.3) is 11.1 Å². The summed E-state index contributed by atoms with van der Waals surface area (Å²) in [6.45, 7) is 5.18. The van der Waals surface area contributed by atoms with Crippen LogP contribution in [0.4, 0.5) is 0 Å². The van der Waals surface area contributed by atoms with E-state index in [4.69, 9.17) is 5.10 Å². The van der Waals surface area contributed by atoms with Gasteiger partial charge in [-0.3, -0.25) is 4.57 Å². The molecule has 1 fully saturated rings. The number of benzene rings is 2. The highest BCUT2D eigenvalue weighted by Gasteiger charge is 2.23. The summed E-state index contributed by atoms with van der Waals surface area (Å²) in [7, 11) is 0. The van der Waals surface area contributed by atoms with Gasteiger partial charge >= 0.3 is 5.69 Å². The van der Waals surface area contributed by atoms with Crippen LogP contribution in [0, 0.1) is 0 Å². The fourth-order valence-corrected chi connectivity index (χ4v) is 3.89. The molecule has 0 amide bonds. The van der Waals surface area contributed by atoms with E-state index in [0.717, 1.165) is 42.9 Å². The van der Waals surface area contributed by atoms with Crippen LogP contribution in [0.1, 0.15) is 37.1 Å². The normalized spacial score (nSPS) is 15.1. The molecule has 0 bridgehead atoms. The van der Waals surface area contributed by atoms with Gasteiger partial charge in [-0.15, -0.1) is 0 Å². The molecule has 1 aliphatic heterocycles. The summed E-state index contributed by atoms with van der Waals surface area (Å²) in [5.41, 5.74) is 3.43. The second-order valence-corrected chi connectivity index (χ2v) is 7.13. The van der Waals surface area contributed by atoms with E-state index in [-0.39, 0.29) is 5.69 Å². The third-order valence-electron chi connectivity index (χ3n) is 5.34. The number of hydrogen-bond acceptors (Lipinski definition) is 3. The van der Waals surface area contributed by atoms with E-state index < -0.39 is 0 Å². The molecule has 2 aromatic carbocycles. The first-order chi connectivity index (χ1) is 13.3. The molecule has 3 aromatic rings. The lowest BCUT2D eigenvalue weighted by Gasteiger charge is -2.21. The van der Waals surface area contributed by atoms with Crippen molar-refractivity contribution >= 4 is 0 Å². The second kappa shape index (κ2) is 7.92. The van der Waals surface area contributed by atoms with Crippen molar-refractivity contribution < 1.29 is 0 Å². The molecule has 1 saturated heterocycles. The average Bonchev–Trinajstić information content (AvgIpc) is 3.05. The Balaban J connectivity index is 1.63. The van der Waals surface area contributed by atoms with Gasteiger partial charge in [0.05, 0.1) is 6.54 Å². The highest BCUT2D eigenvalue weighted by atomic mass is 16.2. The van der Waals surface area contributed by atoms with Crippen LogP contribution < -0.4 is 11.0 Å². The van der Waals surface area contributed by atoms with Gasteiger partial charge < -0.3 is 5.32 Å². The highest BCUT2D eigenvalue weighted by Crippen LogP contribution is 2.23. The molecule has 27 heavy (non-hydrogen) atoms. The van der Waals surface area contributed by atoms with Gasteiger partial charge in [0.15, 0.2) is 0 Å². The molecule has 0 spiro atoms. The van der Waals surface area contributed by atoms with Gasteiger partial charge in [-0.1, -0.05) is 48.5 Å². The number of hydrogen-bond donors (Lipinski definition) is 1. The Labute approximate surface area is 159 Å². The number of nitrogens with zero attached hydrogens (tertiary/aromatic N) is 3. The van der Waals surface area contributed by atoms with Crippen molar-refractivity contribution in [2.75, 3.05) is 13.1 Å². The van der Waals surface area contributed by atoms with Gasteiger partial charge in [0.1, 0.15) is 5.82 Å². The molecule has 140 valence electrons. The lowest BCUT2D eigenvalue weighted by Crippen LogP contribution is -2.29. The van der Waals surface area contributed by atoms with Crippen LogP contribution >= 0.6 is 0 Å². The smallest absolute Gasteiger partial charge is 0.317 e. The summed E-state index contributed by atoms with van der Waals surface area (Å²) in [5, 5.41) is 8.12. The summed E-state index contributed by atoms with van der Waals surface area (Å²) < 4.78 is 3.47. The molecule has 4 rings (SSSR count). The molecule has 1 aromatic heterocycles. The van der Waals surface area contributed by atoms with Crippen LogP contribution in [-0.2, 0) is 13.1 Å². The lowest BCUT2D eigenvalue weighted by molar-refractivity contribution is 0.429. The lowest BCUT2D eigenvalue weighted by atomic mass is 9.97. The minimum absolute atomic E-state index is 0.00357. The zero-order valence-electron chi connectivity index (χ0n) is 15.8. The third-order valence-corrected chi connectivity index (χ3v) is 5.34. The Hall–Kier alpha value is -2.66. The van der Waals surface area contributed by atoms with E-state index in [2.05, 4.69) is 35.6 Å². The highest BCUT2D eigenvalue weighted by molar-refractivity contribution is 5.63. The summed E-state index contributed by atoms with van der Waals surface area (Å²) in [4.78, 5) is 12.9. The van der Waals surface area contributed by atoms with E-state index in [1.54, 1.807) is 4.68 Å². The van der Waals surface area contributed by atoms with E-state index in [0.29, 0.717) is 19.0 Å². The van der Waals surface area contributed by atoms with Gasteiger partial charge in [-0.2, -0.15) is 5.10 Å². The minimum Gasteiger partial charge on any atom is -0.317 e. The van der Waals surface area contributed by atoms with Crippen LogP contribution in [0.5, 0.6) is 0 Å². The molecule has 0 saturated carbocycles. The van der Waals surface area contributed by atoms with Crippen LogP contribution in [-0.4, -0.2) is 27.4 Å². The first kappa shape index (κ1) is 17.7. The summed E-state index contributed by atoms with van der Waals surface area (Å²) >= 11 is 0. The number of piperidine rings is 1. The van der Waals surface area contributed by atoms with Crippen molar-refractivity contribution in [3.8, 4) is 11.1 Å². The van der Waals surface area contributed by atoms with E-state index in [1.807, 2.05) is 35.8 Å². The molecule has 0 aliphatic carbocycles. The van der Waals surface area contributed by atoms with Crippen molar-refractivity contribution in [2.45, 2.75) is 38.8 Å². The molecule has 2 heterocycles. The summed E-state index contributed by atoms with van der Waals surface area (Å²) in [6, 6.07) is 18.7. The first-order valence-corrected chi connectivity index (χ1v) is 9.79. The van der Waals surface area contributed by atoms with Crippen LogP contribution in [0.15, 0.2) is 59.4 Å². The maximum Gasteiger partial charge on any atom is 0.346 e. The van der Waals surface area contributed by atoms with Gasteiger partial charge in [-0.25, -0.2) is 9.48 Å². The topological polar surface area (TPSA) is 51.9 Å². The van der Waals surface area contributed by atoms with E-state index in [9.17, 15) is 4.79 Å². The quantitative estimate of drug-likeness (QED) is 0.758. The fourth-order valence-electron chi connectivity index (χ4n) is 3.89. The monoisotopic (exact) mass is 362 g/mol. The fraction of sp³-hybridized carbons (Fsp3) is 0.364. The molecule has 1 N–H and O–H groups in total. The van der Waals surface area contributed by atoms with Crippen molar-refractivity contribution in [1.29, 1.82) is 0 Å². The predicted molar refractivity (Wildman–Crippen MR) is 108 cm³/mol. The molecule has 0 unspecified atom stereocenters. The van der Waals surface area contributed by atoms with Crippen molar-refractivity contribution in [2.24, 2.45) is 0 Å². The standard InChI is InChI=1S/C22H26N4O/c1-2-25-21(19-11-13-23-14-12-19)24-26(22(25)27)16-17-7-6-10-20(15-17)18-8-4-3-5-9-18/h3-10,15,19,23H,2,11-14,16H2,1H3. The maximum absolute atomic E-state index is 12.9. The second-order valence-electron chi connectivity index (χ2n) is 7.13. The number of aromatic nitrogens is 3. The Bertz CT molecular complexity index is 952. The zero-order valence-corrected chi connectivity index (χ0v) is 15.8. The molecule has 5 nitrogen and oxygen atoms in total. The number of rotatable bonds is 5. The molecular formula is C22H26N4O. The van der Waals surface area contributed by atoms with E-state index >= 15 is 0 Å². The van der Waals surface area contributed by atoms with E-state index in [1.165, 1.54) is 5.56 Å². The summed E-state index contributed by atoms with van der Waals surface area (Å²) in [5.74, 6) is 1.32. The summed E-state index contributed by atoms with van der Waals surface area (Å²) in [6.07, 6.45) is 2.08. The van der Waals surface area contributed by atoms with Crippen LogP contribution in [0.2, 0.25) is 0 Å². The van der Waals surface area contributed by atoms with Crippen molar-refractivity contribution in [1.82, 2.24) is 19.7 Å². The Morgan fingerprint density at radius 1 is 1.04 bits per heavy atom. The average molecular weight is 362 g/mol. The molecule has 0 atom stereocenters. The minimum atomic E-state index is -0.00357. The predicted octanol–water partition coefficient (Wildman–Crippen LogP) is 3.25. The largest absolute Gasteiger partial charge is 0.346 e. The maximum atomic E-state index is 12.9. The van der Waals surface area contributed by atoms with Gasteiger partial charge in [-0.05, 0) is 55.6 Å². The Kier molecular flexibility index (Phi) is 5.21. The Morgan fingerprint density at radius 3 is 2.52 bits per heavy atom. The molecular weight excluding hydrogens is 336 g/mol. The first-order valence-electron chi connectivity index (χ1n) is 9.79. The zero-order chi connectivity index (χ0) is 18.6. The van der Waals surface area contributed by atoms with Gasteiger partial charge in [0.2, 0.25) is 0 Å². The SMILES string of the molecule is CCn1c(C2CCNCC2)nn(Cc2cccc(-c3ccccc3)c2)c1=O. The molecule has 1 aliphatic rings. The van der Waals surface area contributed by atoms with Gasteiger partial charge in [0.25, 0.3) is 0 Å². The molecule has 0 radical (unpaired) electrons. The van der Waals surface area contributed by atoms with Crippen LogP contribution in [0.3, 0.4) is 0 Å². The third kappa shape index (κ3) is 3.74. The van der Waals surface area contributed by atoms with Gasteiger partial charge in [0, 0.05) is 12.5 Å². The Morgan fingerprint density at radius 2 is 1.78 bits per heavy atom.